The van der Waals surface area contributed by atoms with E-state index in [1.807, 2.05) is 36.5 Å². The van der Waals surface area contributed by atoms with Gasteiger partial charge in [0, 0.05) is 17.8 Å². The smallest absolute Gasteiger partial charge is 0.359 e. The molecular formula is C20H19N5O3. The fourth-order valence-corrected chi connectivity index (χ4v) is 3.03. The van der Waals surface area contributed by atoms with E-state index in [9.17, 15) is 4.79 Å². The van der Waals surface area contributed by atoms with Gasteiger partial charge >= 0.3 is 5.97 Å². The van der Waals surface area contributed by atoms with Gasteiger partial charge in [0.05, 0.1) is 31.5 Å². The molecule has 0 aliphatic carbocycles. The number of hydrogen-bond acceptors (Lipinski definition) is 6. The number of rotatable bonds is 6. The Morgan fingerprint density at radius 3 is 2.75 bits per heavy atom. The maximum absolute atomic E-state index is 12.5. The molecule has 8 heteroatoms. The van der Waals surface area contributed by atoms with Crippen LogP contribution in [0.25, 0.3) is 22.3 Å². The van der Waals surface area contributed by atoms with Crippen molar-refractivity contribution in [3.8, 4) is 17.0 Å². The molecule has 4 aromatic rings. The largest absolute Gasteiger partial charge is 0.497 e. The van der Waals surface area contributed by atoms with E-state index >= 15 is 0 Å². The van der Waals surface area contributed by atoms with Gasteiger partial charge in [-0.1, -0.05) is 12.1 Å². The summed E-state index contributed by atoms with van der Waals surface area (Å²) in [6.07, 6.45) is 5.06. The number of carbonyl (C=O) groups is 1. The van der Waals surface area contributed by atoms with Gasteiger partial charge in [-0.2, -0.15) is 5.10 Å². The van der Waals surface area contributed by atoms with Gasteiger partial charge in [-0.15, -0.1) is 0 Å². The van der Waals surface area contributed by atoms with Crippen molar-refractivity contribution >= 4 is 17.0 Å². The summed E-state index contributed by atoms with van der Waals surface area (Å²) < 4.78 is 12.1. The summed E-state index contributed by atoms with van der Waals surface area (Å²) in [6, 6.07) is 9.57. The minimum atomic E-state index is -0.478. The van der Waals surface area contributed by atoms with Gasteiger partial charge in [-0.25, -0.2) is 14.8 Å². The van der Waals surface area contributed by atoms with E-state index in [0.29, 0.717) is 23.4 Å². The second kappa shape index (κ2) is 7.51. The molecule has 8 nitrogen and oxygen atoms in total. The van der Waals surface area contributed by atoms with Gasteiger partial charge in [-0.05, 0) is 30.7 Å². The molecule has 142 valence electrons. The second-order valence-corrected chi connectivity index (χ2v) is 6.12. The topological polar surface area (TPSA) is 94.9 Å². The highest BCUT2D eigenvalue weighted by molar-refractivity contribution is 6.00. The summed E-state index contributed by atoms with van der Waals surface area (Å²) in [6.45, 7) is 2.53. The predicted octanol–water partition coefficient (Wildman–Crippen LogP) is 3.06. The summed E-state index contributed by atoms with van der Waals surface area (Å²) in [7, 11) is 1.63. The number of hydrogen-bond donors (Lipinski definition) is 1. The Morgan fingerprint density at radius 1 is 1.18 bits per heavy atom. The molecule has 3 heterocycles. The number of nitrogens with zero attached hydrogens (tertiary/aromatic N) is 4. The van der Waals surface area contributed by atoms with Crippen LogP contribution < -0.4 is 4.74 Å². The number of aromatic amines is 1. The van der Waals surface area contributed by atoms with Crippen LogP contribution >= 0.6 is 0 Å². The number of carbonyl (C=O) groups excluding carboxylic acids is 1. The lowest BCUT2D eigenvalue weighted by atomic mass is 10.1. The third kappa shape index (κ3) is 3.32. The molecule has 0 aliphatic rings. The average molecular weight is 377 g/mol. The van der Waals surface area contributed by atoms with Crippen molar-refractivity contribution in [3.63, 3.8) is 0 Å². The first-order chi connectivity index (χ1) is 13.7. The van der Waals surface area contributed by atoms with E-state index in [-0.39, 0.29) is 12.3 Å². The lowest BCUT2D eigenvalue weighted by Crippen LogP contribution is -2.09. The summed E-state index contributed by atoms with van der Waals surface area (Å²) in [5.41, 5.74) is 3.20. The molecule has 1 N–H and O–H groups in total. The van der Waals surface area contributed by atoms with Crippen LogP contribution in [0.1, 0.15) is 23.0 Å². The number of esters is 1. The molecule has 0 amide bonds. The molecule has 0 unspecified atom stereocenters. The molecular weight excluding hydrogens is 358 g/mol. The second-order valence-electron chi connectivity index (χ2n) is 6.12. The van der Waals surface area contributed by atoms with E-state index in [1.165, 1.54) is 6.33 Å². The predicted molar refractivity (Wildman–Crippen MR) is 103 cm³/mol. The molecule has 0 saturated heterocycles. The van der Waals surface area contributed by atoms with E-state index < -0.39 is 5.97 Å². The Hall–Kier alpha value is -3.68. The number of benzene rings is 1. The van der Waals surface area contributed by atoms with Crippen molar-refractivity contribution in [2.75, 3.05) is 13.7 Å². The summed E-state index contributed by atoms with van der Waals surface area (Å²) in [5.74, 6) is 0.307. The third-order valence-corrected chi connectivity index (χ3v) is 4.34. The van der Waals surface area contributed by atoms with Gasteiger partial charge in [0.15, 0.2) is 5.69 Å². The van der Waals surface area contributed by atoms with Crippen molar-refractivity contribution in [1.29, 1.82) is 0 Å². The van der Waals surface area contributed by atoms with Crippen LogP contribution in [0.4, 0.5) is 0 Å². The molecule has 0 bridgehead atoms. The van der Waals surface area contributed by atoms with E-state index in [0.717, 1.165) is 16.7 Å². The van der Waals surface area contributed by atoms with Crippen LogP contribution in [0.3, 0.4) is 0 Å². The molecule has 0 spiro atoms. The maximum atomic E-state index is 12.5. The molecule has 4 rings (SSSR count). The molecule has 1 aromatic carbocycles. The molecule has 0 atom stereocenters. The molecule has 0 aliphatic heterocycles. The number of methoxy groups -OCH3 is 1. The molecule has 0 fully saturated rings. The van der Waals surface area contributed by atoms with Crippen LogP contribution in [-0.4, -0.2) is 44.4 Å². The van der Waals surface area contributed by atoms with Gasteiger partial charge < -0.3 is 14.5 Å². The van der Waals surface area contributed by atoms with Gasteiger partial charge in [0.25, 0.3) is 0 Å². The molecule has 0 saturated carbocycles. The number of fused-ring (bicyclic) bond motifs is 1. The van der Waals surface area contributed by atoms with Gasteiger partial charge in [0.2, 0.25) is 0 Å². The number of aromatic nitrogens is 5. The fraction of sp³-hybridized carbons (Fsp3) is 0.200. The summed E-state index contributed by atoms with van der Waals surface area (Å²) in [4.78, 5) is 24.1. The van der Waals surface area contributed by atoms with E-state index in [4.69, 9.17) is 9.47 Å². The lowest BCUT2D eigenvalue weighted by molar-refractivity contribution is 0.0519. The highest BCUT2D eigenvalue weighted by Crippen LogP contribution is 2.28. The molecule has 28 heavy (non-hydrogen) atoms. The SMILES string of the molecule is CCOC(=O)c1nn(Cc2ccc(OC)cc2)cc1-c1ncnc2[nH]ccc12. The fourth-order valence-electron chi connectivity index (χ4n) is 3.03. The number of H-pyrrole nitrogens is 1. The zero-order chi connectivity index (χ0) is 19.5. The quantitative estimate of drug-likeness (QED) is 0.519. The lowest BCUT2D eigenvalue weighted by Gasteiger charge is -2.03. The van der Waals surface area contributed by atoms with E-state index in [1.54, 1.807) is 24.9 Å². The van der Waals surface area contributed by atoms with Crippen molar-refractivity contribution in [2.45, 2.75) is 13.5 Å². The molecule has 3 aromatic heterocycles. The Kier molecular flexibility index (Phi) is 4.76. The number of ether oxygens (including phenoxy) is 2. The van der Waals surface area contributed by atoms with Crippen molar-refractivity contribution in [2.24, 2.45) is 0 Å². The normalized spacial score (nSPS) is 10.9. The average Bonchev–Trinajstić information content (AvgIpc) is 3.35. The standard InChI is InChI=1S/C20H19N5O3/c1-3-28-20(26)18-16(17-15-8-9-21-19(15)23-12-22-17)11-25(24-18)10-13-4-6-14(27-2)7-5-13/h4-9,11-12H,3,10H2,1-2H3,(H,21,22,23). The Bertz CT molecular complexity index is 1110. The Labute approximate surface area is 161 Å². The minimum absolute atomic E-state index is 0.233. The maximum Gasteiger partial charge on any atom is 0.359 e. The van der Waals surface area contributed by atoms with Crippen LogP contribution in [0.5, 0.6) is 5.75 Å². The third-order valence-electron chi connectivity index (χ3n) is 4.34. The van der Waals surface area contributed by atoms with Gasteiger partial charge in [-0.3, -0.25) is 4.68 Å². The van der Waals surface area contributed by atoms with Crippen LogP contribution in [0.2, 0.25) is 0 Å². The zero-order valence-corrected chi connectivity index (χ0v) is 15.5. The molecule has 0 radical (unpaired) electrons. The Morgan fingerprint density at radius 2 is 2.00 bits per heavy atom. The van der Waals surface area contributed by atoms with Gasteiger partial charge in [0.1, 0.15) is 17.7 Å². The first-order valence-corrected chi connectivity index (χ1v) is 8.85. The minimum Gasteiger partial charge on any atom is -0.497 e. The summed E-state index contributed by atoms with van der Waals surface area (Å²) >= 11 is 0. The number of nitrogens with one attached hydrogen (secondary N) is 1. The summed E-state index contributed by atoms with van der Waals surface area (Å²) in [5, 5.41) is 5.29. The highest BCUT2D eigenvalue weighted by Gasteiger charge is 2.22. The van der Waals surface area contributed by atoms with Crippen LogP contribution in [-0.2, 0) is 11.3 Å². The van der Waals surface area contributed by atoms with Crippen LogP contribution in [0.15, 0.2) is 49.1 Å². The van der Waals surface area contributed by atoms with E-state index in [2.05, 4.69) is 20.1 Å². The van der Waals surface area contributed by atoms with Crippen molar-refractivity contribution < 1.29 is 14.3 Å². The Balaban J connectivity index is 1.76. The van der Waals surface area contributed by atoms with Crippen molar-refractivity contribution in [3.05, 3.63) is 60.3 Å². The van der Waals surface area contributed by atoms with Crippen molar-refractivity contribution in [1.82, 2.24) is 24.7 Å². The van der Waals surface area contributed by atoms with Crippen LogP contribution in [0, 0.1) is 0 Å². The zero-order valence-electron chi connectivity index (χ0n) is 15.5. The monoisotopic (exact) mass is 377 g/mol. The first kappa shape index (κ1) is 17.7. The highest BCUT2D eigenvalue weighted by atomic mass is 16.5. The first-order valence-electron chi connectivity index (χ1n) is 8.85.